The van der Waals surface area contributed by atoms with E-state index in [1.165, 1.54) is 5.56 Å². The van der Waals surface area contributed by atoms with Crippen molar-refractivity contribution >= 4 is 15.7 Å². The van der Waals surface area contributed by atoms with Gasteiger partial charge in [0, 0.05) is 31.9 Å². The smallest absolute Gasteiger partial charge is 0.243 e. The third-order valence-corrected chi connectivity index (χ3v) is 6.49. The van der Waals surface area contributed by atoms with Crippen LogP contribution in [0.2, 0.25) is 0 Å². The van der Waals surface area contributed by atoms with E-state index in [2.05, 4.69) is 10.2 Å². The van der Waals surface area contributed by atoms with Crippen LogP contribution >= 0.6 is 0 Å². The van der Waals surface area contributed by atoms with Crippen molar-refractivity contribution in [2.75, 3.05) is 39.0 Å². The van der Waals surface area contributed by atoms with Gasteiger partial charge in [-0.1, -0.05) is 6.07 Å². The summed E-state index contributed by atoms with van der Waals surface area (Å²) >= 11 is 0. The molecule has 1 atom stereocenters. The third kappa shape index (κ3) is 2.80. The molecule has 0 saturated carbocycles. The van der Waals surface area contributed by atoms with Crippen LogP contribution in [0, 0.1) is 0 Å². The molecule has 1 aromatic rings. The number of hydrogen-bond donors (Lipinski definition) is 1. The molecule has 0 aliphatic carbocycles. The van der Waals surface area contributed by atoms with Crippen LogP contribution in [-0.4, -0.2) is 57.4 Å². The third-order valence-electron chi connectivity index (χ3n) is 4.58. The number of hydrogen-bond acceptors (Lipinski definition) is 4. The molecule has 5 nitrogen and oxygen atoms in total. The van der Waals surface area contributed by atoms with Crippen molar-refractivity contribution in [1.29, 1.82) is 0 Å². The maximum Gasteiger partial charge on any atom is 0.243 e. The molecule has 1 saturated heterocycles. The molecule has 2 heterocycles. The zero-order valence-corrected chi connectivity index (χ0v) is 13.5. The van der Waals surface area contributed by atoms with E-state index in [9.17, 15) is 8.42 Å². The normalized spacial score (nSPS) is 23.1. The monoisotopic (exact) mass is 309 g/mol. The summed E-state index contributed by atoms with van der Waals surface area (Å²) in [5, 5.41) is 3.25. The molecule has 0 amide bonds. The summed E-state index contributed by atoms with van der Waals surface area (Å²) in [4.78, 5) is 2.59. The van der Waals surface area contributed by atoms with Gasteiger partial charge in [-0.2, -0.15) is 4.31 Å². The van der Waals surface area contributed by atoms with Gasteiger partial charge >= 0.3 is 0 Å². The fraction of sp³-hybridized carbons (Fsp3) is 0.600. The van der Waals surface area contributed by atoms with Crippen molar-refractivity contribution in [3.05, 3.63) is 23.8 Å². The molecule has 0 aromatic heterocycles. The van der Waals surface area contributed by atoms with Gasteiger partial charge in [-0.05, 0) is 50.6 Å². The predicted molar refractivity (Wildman–Crippen MR) is 84.1 cm³/mol. The molecule has 6 heteroatoms. The maximum absolute atomic E-state index is 12.8. The summed E-state index contributed by atoms with van der Waals surface area (Å²) in [6, 6.07) is 5.52. The minimum absolute atomic E-state index is 0.0648. The highest BCUT2D eigenvalue weighted by Crippen LogP contribution is 2.28. The fourth-order valence-electron chi connectivity index (χ4n) is 3.23. The molecule has 0 spiro atoms. The Labute approximate surface area is 127 Å². The van der Waals surface area contributed by atoms with Crippen molar-refractivity contribution < 1.29 is 8.42 Å². The quantitative estimate of drug-likeness (QED) is 0.916. The number of likely N-dealkylation sites (N-methyl/N-ethyl adjacent to an activating group) is 2. The Balaban J connectivity index is 1.85. The van der Waals surface area contributed by atoms with E-state index in [4.69, 9.17) is 0 Å². The van der Waals surface area contributed by atoms with Crippen LogP contribution in [0.25, 0.3) is 0 Å². The second-order valence-electron chi connectivity index (χ2n) is 6.08. The van der Waals surface area contributed by atoms with Crippen LogP contribution in [0.5, 0.6) is 0 Å². The Kier molecular flexibility index (Phi) is 3.94. The van der Waals surface area contributed by atoms with Crippen molar-refractivity contribution in [2.24, 2.45) is 0 Å². The van der Waals surface area contributed by atoms with E-state index in [-0.39, 0.29) is 6.04 Å². The Bertz CT molecular complexity index is 630. The Hall–Kier alpha value is -1.11. The van der Waals surface area contributed by atoms with E-state index in [1.807, 2.05) is 13.1 Å². The number of anilines is 1. The van der Waals surface area contributed by atoms with Crippen molar-refractivity contribution in [3.63, 3.8) is 0 Å². The molecule has 2 aliphatic heterocycles. The number of piperidine rings is 1. The van der Waals surface area contributed by atoms with Crippen LogP contribution in [-0.2, 0) is 16.4 Å². The lowest BCUT2D eigenvalue weighted by Gasteiger charge is -2.35. The van der Waals surface area contributed by atoms with Crippen molar-refractivity contribution in [2.45, 2.75) is 30.2 Å². The van der Waals surface area contributed by atoms with Crippen molar-refractivity contribution in [3.8, 4) is 0 Å². The lowest BCUT2D eigenvalue weighted by atomic mass is 10.1. The predicted octanol–water partition coefficient (Wildman–Crippen LogP) is 1.37. The first-order chi connectivity index (χ1) is 9.98. The molecule has 0 bridgehead atoms. The molecule has 3 rings (SSSR count). The molecule has 1 fully saturated rings. The number of likely N-dealkylation sites (tertiary alicyclic amines) is 1. The Morgan fingerprint density at radius 3 is 2.95 bits per heavy atom. The highest BCUT2D eigenvalue weighted by molar-refractivity contribution is 7.89. The molecule has 1 unspecified atom stereocenters. The topological polar surface area (TPSA) is 52.7 Å². The van der Waals surface area contributed by atoms with E-state index < -0.39 is 10.0 Å². The lowest BCUT2D eigenvalue weighted by Crippen LogP contribution is -2.47. The van der Waals surface area contributed by atoms with E-state index in [0.717, 1.165) is 44.6 Å². The molecule has 1 aromatic carbocycles. The standard InChI is InChI=1S/C15H23N3O2S/c1-17-9-3-4-13(11-17)18(2)21(19,20)14-6-5-12-7-8-16-15(12)10-14/h5-6,10,13,16H,3-4,7-9,11H2,1-2H3. The Morgan fingerprint density at radius 1 is 1.38 bits per heavy atom. The number of nitrogens with zero attached hydrogens (tertiary/aromatic N) is 2. The number of rotatable bonds is 3. The largest absolute Gasteiger partial charge is 0.384 e. The van der Waals surface area contributed by atoms with Gasteiger partial charge in [0.2, 0.25) is 10.0 Å². The van der Waals surface area contributed by atoms with Gasteiger partial charge in [0.1, 0.15) is 0 Å². The van der Waals surface area contributed by atoms with Gasteiger partial charge in [0.05, 0.1) is 4.90 Å². The molecular weight excluding hydrogens is 286 g/mol. The van der Waals surface area contributed by atoms with E-state index in [0.29, 0.717) is 4.90 Å². The molecule has 116 valence electrons. The molecule has 2 aliphatic rings. The average Bonchev–Trinajstić information content (AvgIpc) is 2.93. The number of nitrogens with one attached hydrogen (secondary N) is 1. The minimum Gasteiger partial charge on any atom is -0.384 e. The van der Waals surface area contributed by atoms with Crippen LogP contribution < -0.4 is 5.32 Å². The second kappa shape index (κ2) is 5.59. The summed E-state index contributed by atoms with van der Waals surface area (Å²) in [5.41, 5.74) is 2.17. The van der Waals surface area contributed by atoms with Gasteiger partial charge < -0.3 is 10.2 Å². The summed E-state index contributed by atoms with van der Waals surface area (Å²) in [6.45, 7) is 2.74. The van der Waals surface area contributed by atoms with Crippen LogP contribution in [0.1, 0.15) is 18.4 Å². The van der Waals surface area contributed by atoms with Crippen LogP contribution in [0.3, 0.4) is 0 Å². The number of benzene rings is 1. The zero-order valence-electron chi connectivity index (χ0n) is 12.7. The van der Waals surface area contributed by atoms with Gasteiger partial charge in [0.25, 0.3) is 0 Å². The van der Waals surface area contributed by atoms with E-state index in [1.54, 1.807) is 23.5 Å². The van der Waals surface area contributed by atoms with Gasteiger partial charge in [-0.15, -0.1) is 0 Å². The molecule has 21 heavy (non-hydrogen) atoms. The number of fused-ring (bicyclic) bond motifs is 1. The summed E-state index contributed by atoms with van der Waals surface area (Å²) in [7, 11) is 0.339. The summed E-state index contributed by atoms with van der Waals surface area (Å²) in [6.07, 6.45) is 2.95. The maximum atomic E-state index is 12.8. The summed E-state index contributed by atoms with van der Waals surface area (Å²) < 4.78 is 27.2. The molecule has 0 radical (unpaired) electrons. The highest BCUT2D eigenvalue weighted by atomic mass is 32.2. The van der Waals surface area contributed by atoms with Crippen LogP contribution in [0.15, 0.2) is 23.1 Å². The van der Waals surface area contributed by atoms with Crippen molar-refractivity contribution in [1.82, 2.24) is 9.21 Å². The number of sulfonamides is 1. The zero-order chi connectivity index (χ0) is 15.0. The van der Waals surface area contributed by atoms with Gasteiger partial charge in [-0.3, -0.25) is 0 Å². The molecule has 1 N–H and O–H groups in total. The second-order valence-corrected chi connectivity index (χ2v) is 8.07. The SMILES string of the molecule is CN1CCCC(N(C)S(=O)(=O)c2ccc3c(c2)NCC3)C1. The van der Waals surface area contributed by atoms with E-state index >= 15 is 0 Å². The van der Waals surface area contributed by atoms with Gasteiger partial charge in [-0.25, -0.2) is 8.42 Å². The minimum atomic E-state index is -3.42. The van der Waals surface area contributed by atoms with Gasteiger partial charge in [0.15, 0.2) is 0 Å². The lowest BCUT2D eigenvalue weighted by molar-refractivity contribution is 0.187. The van der Waals surface area contributed by atoms with Crippen LogP contribution in [0.4, 0.5) is 5.69 Å². The molecular formula is C15H23N3O2S. The first kappa shape index (κ1) is 14.8. The summed E-state index contributed by atoms with van der Waals surface area (Å²) in [5.74, 6) is 0. The fourth-order valence-corrected chi connectivity index (χ4v) is 4.63. The Morgan fingerprint density at radius 2 is 2.19 bits per heavy atom. The highest BCUT2D eigenvalue weighted by Gasteiger charge is 2.31. The first-order valence-corrected chi connectivity index (χ1v) is 8.96. The first-order valence-electron chi connectivity index (χ1n) is 7.52. The average molecular weight is 309 g/mol.